The molecule has 0 saturated heterocycles. The molecule has 1 aromatic carbocycles. The van der Waals surface area contributed by atoms with Crippen molar-refractivity contribution in [2.75, 3.05) is 12.3 Å². The van der Waals surface area contributed by atoms with Gasteiger partial charge in [-0.25, -0.2) is 8.78 Å². The van der Waals surface area contributed by atoms with Crippen molar-refractivity contribution in [3.8, 4) is 0 Å². The van der Waals surface area contributed by atoms with Crippen molar-refractivity contribution in [1.29, 1.82) is 0 Å². The average Bonchev–Trinajstić information content (AvgIpc) is 2.31. The predicted octanol–water partition coefficient (Wildman–Crippen LogP) is 2.52. The maximum Gasteiger partial charge on any atom is 0.160 e. The van der Waals surface area contributed by atoms with Crippen LogP contribution >= 0.6 is 0 Å². The van der Waals surface area contributed by atoms with Gasteiger partial charge in [0.15, 0.2) is 11.6 Å². The molecule has 1 heterocycles. The highest BCUT2D eigenvalue weighted by molar-refractivity contribution is 7.85. The topological polar surface area (TPSA) is 29.1 Å². The van der Waals surface area contributed by atoms with E-state index < -0.39 is 22.4 Å². The number of nitrogens with one attached hydrogen (secondary N) is 1. The lowest BCUT2D eigenvalue weighted by atomic mass is 10.0. The minimum Gasteiger partial charge on any atom is -0.310 e. The Morgan fingerprint density at radius 1 is 1.41 bits per heavy atom. The highest BCUT2D eigenvalue weighted by atomic mass is 32.2. The SMILES string of the molecule is CCCNC1CCS(=O)c2cc(F)c(F)cc21. The molecule has 0 bridgehead atoms. The largest absolute Gasteiger partial charge is 0.310 e. The summed E-state index contributed by atoms with van der Waals surface area (Å²) in [7, 11) is -1.21. The number of halogens is 2. The normalized spacial score (nSPS) is 23.5. The molecule has 2 unspecified atom stereocenters. The molecule has 0 aromatic heterocycles. The molecule has 0 fully saturated rings. The lowest BCUT2D eigenvalue weighted by molar-refractivity contribution is 0.476. The first-order valence-electron chi connectivity index (χ1n) is 5.74. The Kier molecular flexibility index (Phi) is 3.89. The first-order valence-corrected chi connectivity index (χ1v) is 7.06. The van der Waals surface area contributed by atoms with Gasteiger partial charge in [0.25, 0.3) is 0 Å². The molecule has 2 rings (SSSR count). The van der Waals surface area contributed by atoms with Gasteiger partial charge in [-0.05, 0) is 37.1 Å². The van der Waals surface area contributed by atoms with Crippen LogP contribution in [0.3, 0.4) is 0 Å². The maximum atomic E-state index is 13.2. The van der Waals surface area contributed by atoms with Crippen molar-refractivity contribution in [2.45, 2.75) is 30.7 Å². The second kappa shape index (κ2) is 5.23. The van der Waals surface area contributed by atoms with E-state index in [1.807, 2.05) is 6.92 Å². The molecule has 0 amide bonds. The molecule has 0 saturated carbocycles. The number of benzene rings is 1. The van der Waals surface area contributed by atoms with E-state index in [9.17, 15) is 13.0 Å². The number of hydrogen-bond donors (Lipinski definition) is 1. The van der Waals surface area contributed by atoms with Gasteiger partial charge in [-0.1, -0.05) is 6.92 Å². The van der Waals surface area contributed by atoms with Crippen molar-refractivity contribution in [3.63, 3.8) is 0 Å². The maximum absolute atomic E-state index is 13.2. The summed E-state index contributed by atoms with van der Waals surface area (Å²) in [4.78, 5) is 0.434. The van der Waals surface area contributed by atoms with E-state index in [1.54, 1.807) is 0 Å². The fourth-order valence-electron chi connectivity index (χ4n) is 2.03. The van der Waals surface area contributed by atoms with Crippen molar-refractivity contribution in [2.24, 2.45) is 0 Å². The van der Waals surface area contributed by atoms with Crippen LogP contribution in [0.2, 0.25) is 0 Å². The molecule has 0 spiro atoms. The minimum atomic E-state index is -1.21. The fourth-order valence-corrected chi connectivity index (χ4v) is 3.40. The summed E-state index contributed by atoms with van der Waals surface area (Å²) in [6.07, 6.45) is 1.67. The summed E-state index contributed by atoms with van der Waals surface area (Å²) >= 11 is 0. The second-order valence-electron chi connectivity index (χ2n) is 4.15. The summed E-state index contributed by atoms with van der Waals surface area (Å²) in [6, 6.07) is 2.23. The smallest absolute Gasteiger partial charge is 0.160 e. The van der Waals surface area contributed by atoms with Crippen molar-refractivity contribution in [3.05, 3.63) is 29.3 Å². The van der Waals surface area contributed by atoms with Gasteiger partial charge in [-0.15, -0.1) is 0 Å². The zero-order chi connectivity index (χ0) is 12.4. The van der Waals surface area contributed by atoms with Gasteiger partial charge in [0.05, 0.1) is 10.8 Å². The van der Waals surface area contributed by atoms with Crippen LogP contribution in [0, 0.1) is 11.6 Å². The van der Waals surface area contributed by atoms with E-state index in [-0.39, 0.29) is 6.04 Å². The van der Waals surface area contributed by atoms with E-state index >= 15 is 0 Å². The van der Waals surface area contributed by atoms with Crippen LogP contribution in [0.5, 0.6) is 0 Å². The Bertz CT molecular complexity index is 450. The van der Waals surface area contributed by atoms with Crippen LogP contribution in [-0.2, 0) is 10.8 Å². The molecule has 2 nitrogen and oxygen atoms in total. The van der Waals surface area contributed by atoms with E-state index in [1.165, 1.54) is 6.07 Å². The van der Waals surface area contributed by atoms with Crippen LogP contribution in [-0.4, -0.2) is 16.5 Å². The molecule has 0 aliphatic carbocycles. The van der Waals surface area contributed by atoms with Crippen LogP contribution in [0.25, 0.3) is 0 Å². The van der Waals surface area contributed by atoms with Crippen molar-refractivity contribution < 1.29 is 13.0 Å². The summed E-state index contributed by atoms with van der Waals surface area (Å²) in [5, 5.41) is 3.27. The lowest BCUT2D eigenvalue weighted by Gasteiger charge is -2.26. The fraction of sp³-hybridized carbons (Fsp3) is 0.500. The molecular formula is C12H15F2NOS. The Labute approximate surface area is 102 Å². The zero-order valence-electron chi connectivity index (χ0n) is 9.63. The van der Waals surface area contributed by atoms with Gasteiger partial charge >= 0.3 is 0 Å². The number of rotatable bonds is 3. The van der Waals surface area contributed by atoms with Crippen LogP contribution in [0.4, 0.5) is 8.78 Å². The second-order valence-corrected chi connectivity index (χ2v) is 5.69. The first kappa shape index (κ1) is 12.6. The molecule has 0 radical (unpaired) electrons. The van der Waals surface area contributed by atoms with Crippen LogP contribution in [0.1, 0.15) is 31.4 Å². The average molecular weight is 259 g/mol. The molecule has 1 N–H and O–H groups in total. The van der Waals surface area contributed by atoms with Gasteiger partial charge in [0.2, 0.25) is 0 Å². The highest BCUT2D eigenvalue weighted by Gasteiger charge is 2.26. The molecule has 17 heavy (non-hydrogen) atoms. The molecule has 94 valence electrons. The Morgan fingerprint density at radius 2 is 2.12 bits per heavy atom. The van der Waals surface area contributed by atoms with Gasteiger partial charge < -0.3 is 5.32 Å². The number of fused-ring (bicyclic) bond motifs is 1. The molecule has 1 aliphatic heterocycles. The molecule has 5 heteroatoms. The third kappa shape index (κ3) is 2.55. The summed E-state index contributed by atoms with van der Waals surface area (Å²) < 4.78 is 38.1. The van der Waals surface area contributed by atoms with Gasteiger partial charge in [-0.2, -0.15) is 0 Å². The van der Waals surface area contributed by atoms with Gasteiger partial charge in [0.1, 0.15) is 0 Å². The van der Waals surface area contributed by atoms with Crippen LogP contribution < -0.4 is 5.32 Å². The van der Waals surface area contributed by atoms with E-state index in [0.29, 0.717) is 22.6 Å². The van der Waals surface area contributed by atoms with Crippen LogP contribution in [0.15, 0.2) is 17.0 Å². The third-order valence-corrected chi connectivity index (χ3v) is 4.36. The summed E-state index contributed by atoms with van der Waals surface area (Å²) in [6.45, 7) is 2.86. The summed E-state index contributed by atoms with van der Waals surface area (Å²) in [5.41, 5.74) is 0.641. The molecule has 1 aromatic rings. The minimum absolute atomic E-state index is 0.0160. The van der Waals surface area contributed by atoms with E-state index in [2.05, 4.69) is 5.32 Å². The Balaban J connectivity index is 2.37. The standard InChI is InChI=1S/C12H15F2NOS/c1-2-4-15-11-3-5-17(16)12-7-10(14)9(13)6-8(11)12/h6-7,11,15H,2-5H2,1H3. The quantitative estimate of drug-likeness (QED) is 0.903. The third-order valence-electron chi connectivity index (χ3n) is 2.91. The Morgan fingerprint density at radius 3 is 2.82 bits per heavy atom. The van der Waals surface area contributed by atoms with Gasteiger partial charge in [0, 0.05) is 16.7 Å². The summed E-state index contributed by atoms with van der Waals surface area (Å²) in [5.74, 6) is -1.29. The van der Waals surface area contributed by atoms with Crippen molar-refractivity contribution in [1.82, 2.24) is 5.32 Å². The molecule has 2 atom stereocenters. The van der Waals surface area contributed by atoms with Gasteiger partial charge in [-0.3, -0.25) is 4.21 Å². The lowest BCUT2D eigenvalue weighted by Crippen LogP contribution is -2.28. The van der Waals surface area contributed by atoms with E-state index in [0.717, 1.165) is 19.0 Å². The van der Waals surface area contributed by atoms with Crippen molar-refractivity contribution >= 4 is 10.8 Å². The first-order chi connectivity index (χ1) is 8.13. The molecule has 1 aliphatic rings. The highest BCUT2D eigenvalue weighted by Crippen LogP contribution is 2.31. The monoisotopic (exact) mass is 259 g/mol. The predicted molar refractivity (Wildman–Crippen MR) is 63.3 cm³/mol. The Hall–Kier alpha value is -0.810. The molecular weight excluding hydrogens is 244 g/mol. The number of hydrogen-bond acceptors (Lipinski definition) is 2. The van der Waals surface area contributed by atoms with E-state index in [4.69, 9.17) is 0 Å². The zero-order valence-corrected chi connectivity index (χ0v) is 10.4.